The number of hydrogen-bond acceptors (Lipinski definition) is 10. The Balaban J connectivity index is 1.97. The second kappa shape index (κ2) is 21.5. The predicted molar refractivity (Wildman–Crippen MR) is 209 cm³/mol. The molecule has 0 bridgehead atoms. The van der Waals surface area contributed by atoms with E-state index in [1.165, 1.54) is 18.3 Å². The van der Waals surface area contributed by atoms with E-state index in [-0.39, 0.29) is 35.8 Å². The van der Waals surface area contributed by atoms with Gasteiger partial charge >= 0.3 is 0 Å². The number of amides is 1. The lowest BCUT2D eigenvalue weighted by molar-refractivity contribution is -0.359. The van der Waals surface area contributed by atoms with E-state index in [0.717, 1.165) is 5.57 Å². The van der Waals surface area contributed by atoms with Crippen molar-refractivity contribution in [1.29, 1.82) is 0 Å². The minimum Gasteiger partial charge on any atom is -0.507 e. The van der Waals surface area contributed by atoms with Crippen LogP contribution in [0.4, 0.5) is 0 Å². The molecule has 1 aromatic rings. The maximum atomic E-state index is 13.2. The lowest BCUT2D eigenvalue weighted by atomic mass is 9.71. The summed E-state index contributed by atoms with van der Waals surface area (Å²) in [4.78, 5) is 40.0. The molecule has 1 aliphatic heterocycles. The fourth-order valence-corrected chi connectivity index (χ4v) is 6.11. The number of hydrogen-bond donors (Lipinski definition) is 7. The first-order chi connectivity index (χ1) is 25.5. The molecule has 0 aliphatic carbocycles. The van der Waals surface area contributed by atoms with Crippen LogP contribution in [0, 0.1) is 17.3 Å². The minimum absolute atomic E-state index is 0.116. The molecule has 2 rings (SSSR count). The normalized spacial score (nSPS) is 25.0. The molecule has 1 saturated heterocycles. The minimum atomic E-state index is -2.32. The van der Waals surface area contributed by atoms with E-state index in [2.05, 4.69) is 10.3 Å². The quantitative estimate of drug-likeness (QED) is 0.0637. The highest BCUT2D eigenvalue weighted by atomic mass is 16.7. The fourth-order valence-electron chi connectivity index (χ4n) is 6.11. The summed E-state index contributed by atoms with van der Waals surface area (Å²) in [5.41, 5.74) is -0.823. The summed E-state index contributed by atoms with van der Waals surface area (Å²) in [6.07, 6.45) is 20.1. The Morgan fingerprint density at radius 2 is 1.70 bits per heavy atom. The summed E-state index contributed by atoms with van der Waals surface area (Å²) >= 11 is 0. The van der Waals surface area contributed by atoms with Crippen molar-refractivity contribution < 1.29 is 44.6 Å². The lowest BCUT2D eigenvalue weighted by Crippen LogP contribution is -2.69. The fraction of sp³-hybridized carbons (Fsp3) is 0.452. The average Bonchev–Trinajstić information content (AvgIpc) is 3.12. The second-order valence-electron chi connectivity index (χ2n) is 13.9. The molecule has 54 heavy (non-hydrogen) atoms. The molecule has 0 saturated carbocycles. The molecule has 7 N–H and O–H groups in total. The number of methoxy groups -OCH3 is 1. The van der Waals surface area contributed by atoms with Crippen molar-refractivity contribution in [2.75, 3.05) is 13.7 Å². The highest BCUT2D eigenvalue weighted by Gasteiger charge is 2.60. The van der Waals surface area contributed by atoms with Crippen LogP contribution in [-0.4, -0.2) is 92.2 Å². The van der Waals surface area contributed by atoms with E-state index in [9.17, 15) is 39.9 Å². The monoisotopic (exact) mass is 750 g/mol. The molecule has 296 valence electrons. The number of pyridine rings is 1. The van der Waals surface area contributed by atoms with Crippen LogP contribution in [-0.2, 0) is 14.3 Å². The van der Waals surface area contributed by atoms with Crippen molar-refractivity contribution in [1.82, 2.24) is 10.3 Å². The van der Waals surface area contributed by atoms with Gasteiger partial charge in [0.05, 0.1) is 30.3 Å². The van der Waals surface area contributed by atoms with Gasteiger partial charge in [-0.2, -0.15) is 0 Å². The number of aliphatic hydroxyl groups is 4. The van der Waals surface area contributed by atoms with Gasteiger partial charge in [0, 0.05) is 31.2 Å². The lowest BCUT2D eigenvalue weighted by Gasteiger charge is -2.53. The number of ketones is 1. The summed E-state index contributed by atoms with van der Waals surface area (Å²) in [7, 11) is 1.55. The number of rotatable bonds is 18. The molecule has 8 atom stereocenters. The molecule has 12 nitrogen and oxygen atoms in total. The topological polar surface area (TPSA) is 199 Å². The third-order valence-electron chi connectivity index (χ3n) is 9.58. The first-order valence-corrected chi connectivity index (χ1v) is 18.0. The van der Waals surface area contributed by atoms with E-state index >= 15 is 0 Å². The van der Waals surface area contributed by atoms with E-state index in [0.29, 0.717) is 0 Å². The summed E-state index contributed by atoms with van der Waals surface area (Å²) in [6, 6.07) is 1.24. The largest absolute Gasteiger partial charge is 0.507 e. The molecule has 1 fully saturated rings. The van der Waals surface area contributed by atoms with Gasteiger partial charge in [-0.1, -0.05) is 113 Å². The number of aliphatic hydroxyl groups excluding tert-OH is 3. The van der Waals surface area contributed by atoms with Gasteiger partial charge in [-0.05, 0) is 44.4 Å². The molecule has 1 aromatic heterocycles. The van der Waals surface area contributed by atoms with Gasteiger partial charge in [-0.25, -0.2) is 0 Å². The van der Waals surface area contributed by atoms with Crippen LogP contribution in [0.5, 0.6) is 5.75 Å². The number of carbonyl (C=O) groups is 2. The standard InChI is InChI=1S/C42H58N2O10/c1-9-11-15-23-33-41(6,7)37(48)38(49)42(52,54-33)30(10-2)39(50)43-25-19-18-21-28(4)36(53-8)29(5)31(45)22-17-14-12-13-16-20-27(3)35(47)34-32(46)24-26-44-40(34)51/h9,11-24,26,29-31,33,36-38,45,48-49,52H,10,25H2,1-8H3,(H,43,50)(H2,44,46,51)/b11-9-,14-12+,16-13+,19-18+,22-17+,23-15+,27-20+,28-21+/t29-,30+,31?,33?,36+,37?,38?,42?/m0/s1. The molecule has 5 unspecified atom stereocenters. The first-order valence-electron chi connectivity index (χ1n) is 18.0. The third kappa shape index (κ3) is 11.8. The Morgan fingerprint density at radius 3 is 2.33 bits per heavy atom. The smallest absolute Gasteiger partial charge is 0.262 e. The molecule has 0 radical (unpaired) electrons. The molecular weight excluding hydrogens is 692 g/mol. The number of H-pyrrole nitrogens is 1. The molecule has 2 heterocycles. The van der Waals surface area contributed by atoms with Crippen LogP contribution in [0.3, 0.4) is 0 Å². The highest BCUT2D eigenvalue weighted by Crippen LogP contribution is 2.44. The number of aromatic amines is 1. The van der Waals surface area contributed by atoms with Gasteiger partial charge in [0.25, 0.3) is 5.56 Å². The number of aromatic nitrogens is 1. The van der Waals surface area contributed by atoms with Crippen LogP contribution in [0.2, 0.25) is 0 Å². The Labute approximate surface area is 318 Å². The number of Topliss-reactive ketones (excluding diaryl/α,β-unsaturated/α-hetero) is 1. The van der Waals surface area contributed by atoms with Gasteiger partial charge < -0.3 is 45.3 Å². The summed E-state index contributed by atoms with van der Waals surface area (Å²) < 4.78 is 11.6. The van der Waals surface area contributed by atoms with Crippen LogP contribution < -0.4 is 10.9 Å². The zero-order valence-electron chi connectivity index (χ0n) is 32.5. The van der Waals surface area contributed by atoms with Crippen molar-refractivity contribution in [3.05, 3.63) is 124 Å². The molecular formula is C42H58N2O10. The Bertz CT molecular complexity index is 1710. The zero-order valence-corrected chi connectivity index (χ0v) is 32.5. The van der Waals surface area contributed by atoms with Crippen LogP contribution in [0.1, 0.15) is 65.2 Å². The average molecular weight is 751 g/mol. The maximum Gasteiger partial charge on any atom is 0.262 e. The molecule has 0 spiro atoms. The van der Waals surface area contributed by atoms with Gasteiger partial charge in [0.2, 0.25) is 11.7 Å². The van der Waals surface area contributed by atoms with Gasteiger partial charge in [-0.3, -0.25) is 14.4 Å². The summed E-state index contributed by atoms with van der Waals surface area (Å²) in [6.45, 7) is 12.4. The van der Waals surface area contributed by atoms with Crippen LogP contribution >= 0.6 is 0 Å². The van der Waals surface area contributed by atoms with E-state index in [4.69, 9.17) is 9.47 Å². The van der Waals surface area contributed by atoms with Crippen LogP contribution in [0.15, 0.2) is 113 Å². The third-order valence-corrected chi connectivity index (χ3v) is 9.58. The molecule has 0 aromatic carbocycles. The molecule has 1 amide bonds. The summed E-state index contributed by atoms with van der Waals surface area (Å²) in [5.74, 6) is -5.32. The van der Waals surface area contributed by atoms with Crippen LogP contribution in [0.25, 0.3) is 0 Å². The van der Waals surface area contributed by atoms with E-state index < -0.39 is 64.9 Å². The number of allylic oxidation sites excluding steroid dienone is 12. The van der Waals surface area contributed by atoms with Gasteiger partial charge in [0.15, 0.2) is 5.78 Å². The Hall–Kier alpha value is -4.43. The van der Waals surface area contributed by atoms with Crippen molar-refractivity contribution in [2.45, 2.75) is 91.2 Å². The Kier molecular flexibility index (Phi) is 18.2. The summed E-state index contributed by atoms with van der Waals surface area (Å²) in [5, 5.41) is 56.8. The van der Waals surface area contributed by atoms with Crippen molar-refractivity contribution in [2.24, 2.45) is 17.3 Å². The SMILES string of the molecule is C/C=C\C=C\C1OC(O)([C@H](CC)C(=O)NC/C=C/C=C(\C)[C@@H](OC)[C@@H](C)C(O)/C=C/C=C/C=C/C=C(\C)C(=O)c2c(O)cc[nH]c2=O)C(O)C(O)C1(C)C. The molecule has 12 heteroatoms. The van der Waals surface area contributed by atoms with E-state index in [1.807, 2.05) is 32.9 Å². The number of nitrogens with one attached hydrogen (secondary N) is 2. The predicted octanol–water partition coefficient (Wildman–Crippen LogP) is 4.50. The number of aromatic hydroxyl groups is 1. The highest BCUT2D eigenvalue weighted by molar-refractivity contribution is 6.09. The second-order valence-corrected chi connectivity index (χ2v) is 13.9. The maximum absolute atomic E-state index is 13.2. The number of ether oxygens (including phenoxy) is 2. The number of carbonyl (C=O) groups excluding carboxylic acids is 2. The molecule has 1 aliphatic rings. The van der Waals surface area contributed by atoms with E-state index in [1.54, 1.807) is 102 Å². The van der Waals surface area contributed by atoms with Gasteiger partial charge in [-0.15, -0.1) is 0 Å². The van der Waals surface area contributed by atoms with Crippen molar-refractivity contribution in [3.8, 4) is 5.75 Å². The van der Waals surface area contributed by atoms with Crippen molar-refractivity contribution >= 4 is 11.7 Å². The first kappa shape index (κ1) is 45.7. The van der Waals surface area contributed by atoms with Gasteiger partial charge in [0.1, 0.15) is 17.4 Å². The van der Waals surface area contributed by atoms with Crippen molar-refractivity contribution in [3.63, 3.8) is 0 Å². The Morgan fingerprint density at radius 1 is 1.04 bits per heavy atom. The zero-order chi connectivity index (χ0) is 40.6.